The standard InChI is InChI=1S/C19H19F3N2O4/c1-27-18(26)11-6-8-12(9-7-11)23-17(25)15-10-16(28-24-15)13-4-2-3-5-14(13)19(20,21)22/h2-5,10-12H,6-9H2,1H3,(H,23,25). The third-order valence-electron chi connectivity index (χ3n) is 4.84. The average molecular weight is 396 g/mol. The predicted molar refractivity (Wildman–Crippen MR) is 92.2 cm³/mol. The number of esters is 1. The van der Waals surface area contributed by atoms with Crippen molar-refractivity contribution in [3.05, 3.63) is 41.6 Å². The van der Waals surface area contributed by atoms with Crippen molar-refractivity contribution in [2.45, 2.75) is 37.9 Å². The lowest BCUT2D eigenvalue weighted by atomic mass is 9.86. The summed E-state index contributed by atoms with van der Waals surface area (Å²) in [6.07, 6.45) is -2.15. The smallest absolute Gasteiger partial charge is 0.417 e. The van der Waals surface area contributed by atoms with Crippen LogP contribution < -0.4 is 5.32 Å². The summed E-state index contributed by atoms with van der Waals surface area (Å²) in [5, 5.41) is 6.40. The van der Waals surface area contributed by atoms with Crippen molar-refractivity contribution in [3.8, 4) is 11.3 Å². The largest absolute Gasteiger partial charge is 0.469 e. The summed E-state index contributed by atoms with van der Waals surface area (Å²) < 4.78 is 49.2. The first kappa shape index (κ1) is 19.9. The molecule has 1 N–H and O–H groups in total. The maximum absolute atomic E-state index is 13.1. The highest BCUT2D eigenvalue weighted by molar-refractivity contribution is 5.93. The van der Waals surface area contributed by atoms with Gasteiger partial charge in [-0.25, -0.2) is 0 Å². The Morgan fingerprint density at radius 1 is 1.18 bits per heavy atom. The van der Waals surface area contributed by atoms with E-state index in [1.54, 1.807) is 0 Å². The first-order valence-electron chi connectivity index (χ1n) is 8.81. The van der Waals surface area contributed by atoms with E-state index in [2.05, 4.69) is 10.5 Å². The number of hydrogen-bond donors (Lipinski definition) is 1. The number of ether oxygens (including phenoxy) is 1. The molecule has 150 valence electrons. The zero-order valence-electron chi connectivity index (χ0n) is 15.1. The third-order valence-corrected chi connectivity index (χ3v) is 4.84. The van der Waals surface area contributed by atoms with Gasteiger partial charge in [0.2, 0.25) is 0 Å². The van der Waals surface area contributed by atoms with Crippen LogP contribution in [-0.4, -0.2) is 30.2 Å². The normalized spacial score (nSPS) is 19.9. The predicted octanol–water partition coefficient (Wildman–Crippen LogP) is 3.82. The summed E-state index contributed by atoms with van der Waals surface area (Å²) in [7, 11) is 1.34. The Balaban J connectivity index is 1.67. The molecule has 9 heteroatoms. The van der Waals surface area contributed by atoms with E-state index in [9.17, 15) is 22.8 Å². The Labute approximate surface area is 159 Å². The maximum Gasteiger partial charge on any atom is 0.417 e. The molecule has 1 amide bonds. The molecule has 0 atom stereocenters. The number of carbonyl (C=O) groups is 2. The Kier molecular flexibility index (Phi) is 5.71. The van der Waals surface area contributed by atoms with Gasteiger partial charge in [-0.2, -0.15) is 13.2 Å². The highest BCUT2D eigenvalue weighted by Gasteiger charge is 2.34. The number of nitrogens with zero attached hydrogens (tertiary/aromatic N) is 1. The van der Waals surface area contributed by atoms with Crippen LogP contribution in [-0.2, 0) is 15.7 Å². The fraction of sp³-hybridized carbons (Fsp3) is 0.421. The van der Waals surface area contributed by atoms with Gasteiger partial charge in [0.1, 0.15) is 0 Å². The van der Waals surface area contributed by atoms with Gasteiger partial charge in [0, 0.05) is 17.7 Å². The lowest BCUT2D eigenvalue weighted by Gasteiger charge is -2.27. The van der Waals surface area contributed by atoms with Gasteiger partial charge in [-0.05, 0) is 31.7 Å². The molecule has 0 radical (unpaired) electrons. The number of methoxy groups -OCH3 is 1. The van der Waals surface area contributed by atoms with Crippen LogP contribution in [0.15, 0.2) is 34.9 Å². The molecule has 1 heterocycles. The zero-order chi connectivity index (χ0) is 20.3. The van der Waals surface area contributed by atoms with Gasteiger partial charge in [0.05, 0.1) is 18.6 Å². The second-order valence-electron chi connectivity index (χ2n) is 6.66. The lowest BCUT2D eigenvalue weighted by molar-refractivity contribution is -0.146. The van der Waals surface area contributed by atoms with E-state index in [0.717, 1.165) is 6.07 Å². The van der Waals surface area contributed by atoms with Crippen LogP contribution in [0, 0.1) is 5.92 Å². The first-order chi connectivity index (χ1) is 13.3. The number of hydrogen-bond acceptors (Lipinski definition) is 5. The number of amides is 1. The minimum atomic E-state index is -4.55. The zero-order valence-corrected chi connectivity index (χ0v) is 15.1. The van der Waals surface area contributed by atoms with Gasteiger partial charge in [-0.1, -0.05) is 23.4 Å². The number of alkyl halides is 3. The summed E-state index contributed by atoms with van der Waals surface area (Å²) in [5.74, 6) is -1.08. The molecule has 1 aromatic heterocycles. The minimum Gasteiger partial charge on any atom is -0.469 e. The van der Waals surface area contributed by atoms with Gasteiger partial charge in [0.25, 0.3) is 5.91 Å². The molecule has 1 fully saturated rings. The average Bonchev–Trinajstić information content (AvgIpc) is 3.17. The van der Waals surface area contributed by atoms with Gasteiger partial charge >= 0.3 is 12.1 Å². The number of nitrogens with one attached hydrogen (secondary N) is 1. The second-order valence-corrected chi connectivity index (χ2v) is 6.66. The molecule has 0 bridgehead atoms. The second kappa shape index (κ2) is 8.04. The van der Waals surface area contributed by atoms with Crippen LogP contribution in [0.1, 0.15) is 41.7 Å². The molecule has 1 aromatic carbocycles. The first-order valence-corrected chi connectivity index (χ1v) is 8.81. The molecule has 2 aromatic rings. The fourth-order valence-corrected chi connectivity index (χ4v) is 3.35. The van der Waals surface area contributed by atoms with Crippen molar-refractivity contribution in [1.82, 2.24) is 10.5 Å². The summed E-state index contributed by atoms with van der Waals surface area (Å²) in [6, 6.07) is 5.99. The molecule has 1 saturated carbocycles. The molecule has 28 heavy (non-hydrogen) atoms. The molecule has 0 aliphatic heterocycles. The Morgan fingerprint density at radius 2 is 1.86 bits per heavy atom. The number of benzene rings is 1. The Bertz CT molecular complexity index is 855. The van der Waals surface area contributed by atoms with Crippen LogP contribution in [0.4, 0.5) is 13.2 Å². The van der Waals surface area contributed by atoms with E-state index in [1.165, 1.54) is 31.4 Å². The van der Waals surface area contributed by atoms with Crippen molar-refractivity contribution >= 4 is 11.9 Å². The number of carbonyl (C=O) groups excluding carboxylic acids is 2. The quantitative estimate of drug-likeness (QED) is 0.795. The van der Waals surface area contributed by atoms with Crippen molar-refractivity contribution in [2.24, 2.45) is 5.92 Å². The van der Waals surface area contributed by atoms with Gasteiger partial charge in [0.15, 0.2) is 11.5 Å². The number of halogens is 3. The topological polar surface area (TPSA) is 81.4 Å². The van der Waals surface area contributed by atoms with Gasteiger partial charge in [-0.15, -0.1) is 0 Å². The summed E-state index contributed by atoms with van der Waals surface area (Å²) in [6.45, 7) is 0. The van der Waals surface area contributed by atoms with Crippen molar-refractivity contribution in [2.75, 3.05) is 7.11 Å². The van der Waals surface area contributed by atoms with Crippen LogP contribution in [0.2, 0.25) is 0 Å². The van der Waals surface area contributed by atoms with Gasteiger partial charge in [-0.3, -0.25) is 9.59 Å². The van der Waals surface area contributed by atoms with E-state index in [0.29, 0.717) is 25.7 Å². The van der Waals surface area contributed by atoms with E-state index in [4.69, 9.17) is 9.26 Å². The Morgan fingerprint density at radius 3 is 2.50 bits per heavy atom. The van der Waals surface area contributed by atoms with Crippen LogP contribution in [0.3, 0.4) is 0 Å². The number of aromatic nitrogens is 1. The van der Waals surface area contributed by atoms with E-state index in [1.807, 2.05) is 0 Å². The SMILES string of the molecule is COC(=O)C1CCC(NC(=O)c2cc(-c3ccccc3C(F)(F)F)on2)CC1. The van der Waals surface area contributed by atoms with E-state index in [-0.39, 0.29) is 34.9 Å². The summed E-state index contributed by atoms with van der Waals surface area (Å²) in [5.41, 5.74) is -1.14. The van der Waals surface area contributed by atoms with E-state index >= 15 is 0 Å². The van der Waals surface area contributed by atoms with E-state index < -0.39 is 17.6 Å². The van der Waals surface area contributed by atoms with Crippen molar-refractivity contribution in [1.29, 1.82) is 0 Å². The molecule has 0 unspecified atom stereocenters. The van der Waals surface area contributed by atoms with Gasteiger partial charge < -0.3 is 14.6 Å². The van der Waals surface area contributed by atoms with Crippen molar-refractivity contribution in [3.63, 3.8) is 0 Å². The number of rotatable bonds is 4. The third kappa shape index (κ3) is 4.35. The molecular formula is C19H19F3N2O4. The molecule has 3 rings (SSSR count). The van der Waals surface area contributed by atoms with Crippen LogP contribution in [0.5, 0.6) is 0 Å². The summed E-state index contributed by atoms with van der Waals surface area (Å²) >= 11 is 0. The van der Waals surface area contributed by atoms with Crippen LogP contribution in [0.25, 0.3) is 11.3 Å². The molecule has 1 aliphatic rings. The monoisotopic (exact) mass is 396 g/mol. The van der Waals surface area contributed by atoms with Crippen LogP contribution >= 0.6 is 0 Å². The molecule has 6 nitrogen and oxygen atoms in total. The molecular weight excluding hydrogens is 377 g/mol. The molecule has 0 spiro atoms. The minimum absolute atomic E-state index is 0.0953. The van der Waals surface area contributed by atoms with Crippen molar-refractivity contribution < 1.29 is 32.0 Å². The molecule has 1 aliphatic carbocycles. The highest BCUT2D eigenvalue weighted by atomic mass is 19.4. The maximum atomic E-state index is 13.1. The Hall–Kier alpha value is -2.84. The summed E-state index contributed by atoms with van der Waals surface area (Å²) in [4.78, 5) is 23.9. The molecule has 0 saturated heterocycles. The fourth-order valence-electron chi connectivity index (χ4n) is 3.35. The lowest BCUT2D eigenvalue weighted by Crippen LogP contribution is -2.39. The highest BCUT2D eigenvalue weighted by Crippen LogP contribution is 2.37.